The quantitative estimate of drug-likeness (QED) is 0.898. The summed E-state index contributed by atoms with van der Waals surface area (Å²) in [5.41, 5.74) is 1.09. The van der Waals surface area contributed by atoms with E-state index in [2.05, 4.69) is 14.9 Å². The van der Waals surface area contributed by atoms with E-state index in [0.717, 1.165) is 50.8 Å². The molecule has 0 aromatic carbocycles. The average molecular weight is 303 g/mol. The molecule has 1 aromatic rings. The molecule has 1 amide bonds. The van der Waals surface area contributed by atoms with Crippen molar-refractivity contribution in [3.05, 3.63) is 18.2 Å². The highest BCUT2D eigenvalue weighted by molar-refractivity contribution is 5.83. The van der Waals surface area contributed by atoms with Gasteiger partial charge in [0.2, 0.25) is 5.91 Å². The van der Waals surface area contributed by atoms with Crippen molar-refractivity contribution in [2.75, 3.05) is 6.54 Å². The smallest absolute Gasteiger partial charge is 0.226 e. The molecule has 2 aliphatic carbocycles. The van der Waals surface area contributed by atoms with Gasteiger partial charge in [0, 0.05) is 42.2 Å². The van der Waals surface area contributed by atoms with Crippen LogP contribution in [-0.4, -0.2) is 44.6 Å². The molecule has 3 aliphatic rings. The number of amides is 1. The number of likely N-dealkylation sites (tertiary alicyclic amines) is 1. The van der Waals surface area contributed by atoms with Crippen molar-refractivity contribution in [1.29, 1.82) is 0 Å². The van der Waals surface area contributed by atoms with Crippen LogP contribution in [-0.2, 0) is 4.79 Å². The maximum Gasteiger partial charge on any atom is 0.226 e. The third kappa shape index (κ3) is 2.45. The van der Waals surface area contributed by atoms with E-state index in [4.69, 9.17) is 0 Å². The van der Waals surface area contributed by atoms with Gasteiger partial charge in [0.05, 0.1) is 12.4 Å². The summed E-state index contributed by atoms with van der Waals surface area (Å²) in [4.78, 5) is 22.2. The third-order valence-electron chi connectivity index (χ3n) is 5.88. The number of aromatic nitrogens is 2. The fourth-order valence-corrected chi connectivity index (χ4v) is 4.59. The van der Waals surface area contributed by atoms with Crippen LogP contribution in [0.1, 0.15) is 56.6 Å². The van der Waals surface area contributed by atoms with Gasteiger partial charge in [0.1, 0.15) is 0 Å². The molecule has 1 aliphatic heterocycles. The summed E-state index contributed by atoms with van der Waals surface area (Å²) in [6, 6.07) is 0.269. The van der Waals surface area contributed by atoms with Gasteiger partial charge in [-0.15, -0.1) is 0 Å². The Bertz CT molecular complexity index is 530. The lowest BCUT2D eigenvalue weighted by Crippen LogP contribution is -2.45. The summed E-state index contributed by atoms with van der Waals surface area (Å²) in [5.74, 6) is 1.05. The van der Waals surface area contributed by atoms with Crippen LogP contribution in [0.2, 0.25) is 0 Å². The van der Waals surface area contributed by atoms with Crippen LogP contribution in [0.4, 0.5) is 0 Å². The van der Waals surface area contributed by atoms with Crippen LogP contribution in [0.5, 0.6) is 0 Å². The molecule has 0 spiro atoms. The van der Waals surface area contributed by atoms with Crippen molar-refractivity contribution in [2.45, 2.75) is 63.0 Å². The lowest BCUT2D eigenvalue weighted by Gasteiger charge is -2.37. The Labute approximate surface area is 131 Å². The van der Waals surface area contributed by atoms with Crippen LogP contribution in [0.3, 0.4) is 0 Å². The van der Waals surface area contributed by atoms with Gasteiger partial charge in [0.15, 0.2) is 0 Å². The normalized spacial score (nSPS) is 38.2. The molecular formula is C17H25N3O2. The van der Waals surface area contributed by atoms with Crippen LogP contribution < -0.4 is 0 Å². The van der Waals surface area contributed by atoms with E-state index < -0.39 is 0 Å². The highest BCUT2D eigenvalue weighted by atomic mass is 16.3. The molecule has 2 N–H and O–H groups in total. The number of hydrogen-bond acceptors (Lipinski definition) is 3. The fourth-order valence-electron chi connectivity index (χ4n) is 4.59. The number of aromatic amines is 1. The van der Waals surface area contributed by atoms with Crippen LogP contribution in [0, 0.1) is 11.8 Å². The van der Waals surface area contributed by atoms with E-state index in [1.807, 2.05) is 6.20 Å². The monoisotopic (exact) mass is 303 g/mol. The van der Waals surface area contributed by atoms with E-state index in [1.54, 1.807) is 6.33 Å². The summed E-state index contributed by atoms with van der Waals surface area (Å²) < 4.78 is 0. The molecule has 2 saturated carbocycles. The average Bonchev–Trinajstić information content (AvgIpc) is 2.95. The molecule has 1 saturated heterocycles. The van der Waals surface area contributed by atoms with Crippen molar-refractivity contribution >= 4 is 5.91 Å². The molecule has 3 unspecified atom stereocenters. The minimum Gasteiger partial charge on any atom is -0.393 e. The summed E-state index contributed by atoms with van der Waals surface area (Å²) in [6.45, 7) is 0.874. The van der Waals surface area contributed by atoms with Crippen molar-refractivity contribution < 1.29 is 9.90 Å². The highest BCUT2D eigenvalue weighted by Crippen LogP contribution is 2.49. The lowest BCUT2D eigenvalue weighted by atomic mass is 9.80. The number of aliphatic hydroxyl groups excluding tert-OH is 1. The van der Waals surface area contributed by atoms with Gasteiger partial charge in [-0.1, -0.05) is 12.8 Å². The van der Waals surface area contributed by atoms with E-state index in [0.29, 0.717) is 17.7 Å². The first-order valence-corrected chi connectivity index (χ1v) is 8.72. The number of H-pyrrole nitrogens is 1. The second-order valence-electron chi connectivity index (χ2n) is 7.21. The predicted molar refractivity (Wildman–Crippen MR) is 82.1 cm³/mol. The minimum atomic E-state index is -0.213. The van der Waals surface area contributed by atoms with Gasteiger partial charge in [-0.2, -0.15) is 0 Å². The summed E-state index contributed by atoms with van der Waals surface area (Å²) in [7, 11) is 0. The maximum atomic E-state index is 12.9. The van der Waals surface area contributed by atoms with E-state index in [-0.39, 0.29) is 18.1 Å². The molecule has 22 heavy (non-hydrogen) atoms. The number of carbonyl (C=O) groups excluding carboxylic acids is 1. The van der Waals surface area contributed by atoms with E-state index >= 15 is 0 Å². The van der Waals surface area contributed by atoms with Gasteiger partial charge in [-0.3, -0.25) is 4.79 Å². The summed E-state index contributed by atoms with van der Waals surface area (Å²) in [5, 5.41) is 10.3. The number of carbonyl (C=O) groups is 1. The van der Waals surface area contributed by atoms with Crippen LogP contribution in [0.15, 0.2) is 12.5 Å². The van der Waals surface area contributed by atoms with E-state index in [1.165, 1.54) is 6.42 Å². The fraction of sp³-hybridized carbons (Fsp3) is 0.765. The first-order valence-electron chi connectivity index (χ1n) is 8.72. The zero-order chi connectivity index (χ0) is 15.1. The van der Waals surface area contributed by atoms with Gasteiger partial charge < -0.3 is 15.0 Å². The number of hydrogen-bond donors (Lipinski definition) is 2. The van der Waals surface area contributed by atoms with Gasteiger partial charge in [-0.25, -0.2) is 4.98 Å². The Kier molecular flexibility index (Phi) is 3.68. The molecule has 3 fully saturated rings. The van der Waals surface area contributed by atoms with Crippen molar-refractivity contribution in [2.24, 2.45) is 11.8 Å². The van der Waals surface area contributed by atoms with Crippen molar-refractivity contribution in [1.82, 2.24) is 14.9 Å². The molecule has 2 heterocycles. The van der Waals surface area contributed by atoms with Crippen LogP contribution in [0.25, 0.3) is 0 Å². The number of nitrogens with zero attached hydrogens (tertiary/aromatic N) is 2. The minimum absolute atomic E-state index is 0.127. The molecule has 120 valence electrons. The zero-order valence-electron chi connectivity index (χ0n) is 12.9. The SMILES string of the molecule is O=C([C@@H]1C[C@H]1c1cnc[nH]1)N1CCCC1C1CCCCC1O. The Balaban J connectivity index is 1.44. The van der Waals surface area contributed by atoms with Crippen molar-refractivity contribution in [3.63, 3.8) is 0 Å². The molecule has 1 aromatic heterocycles. The topological polar surface area (TPSA) is 69.2 Å². The van der Waals surface area contributed by atoms with Gasteiger partial charge >= 0.3 is 0 Å². The predicted octanol–water partition coefficient (Wildman–Crippen LogP) is 2.06. The first kappa shape index (κ1) is 14.2. The first-order chi connectivity index (χ1) is 10.8. The Morgan fingerprint density at radius 3 is 2.91 bits per heavy atom. The molecule has 0 radical (unpaired) electrons. The lowest BCUT2D eigenvalue weighted by molar-refractivity contribution is -0.135. The second kappa shape index (κ2) is 5.69. The van der Waals surface area contributed by atoms with Crippen LogP contribution >= 0.6 is 0 Å². The number of nitrogens with one attached hydrogen (secondary N) is 1. The molecule has 5 nitrogen and oxygen atoms in total. The summed E-state index contributed by atoms with van der Waals surface area (Å²) in [6.07, 6.45) is 10.7. The summed E-state index contributed by atoms with van der Waals surface area (Å²) >= 11 is 0. The molecule has 5 heteroatoms. The largest absolute Gasteiger partial charge is 0.393 e. The molecular weight excluding hydrogens is 278 g/mol. The standard InChI is InChI=1S/C17H25N3O2/c21-16-6-2-1-4-11(16)15-5-3-7-20(15)17(22)13-8-12(13)14-9-18-10-19-14/h9-13,15-16,21H,1-8H2,(H,18,19)/t11?,12-,13-,15?,16?/m1/s1. The Hall–Kier alpha value is -1.36. The highest BCUT2D eigenvalue weighted by Gasteiger charge is 2.49. The van der Waals surface area contributed by atoms with E-state index in [9.17, 15) is 9.90 Å². The molecule has 4 rings (SSSR count). The van der Waals surface area contributed by atoms with Gasteiger partial charge in [-0.05, 0) is 32.1 Å². The maximum absolute atomic E-state index is 12.9. The Morgan fingerprint density at radius 1 is 1.27 bits per heavy atom. The number of aliphatic hydroxyl groups is 1. The Morgan fingerprint density at radius 2 is 2.14 bits per heavy atom. The zero-order valence-corrected chi connectivity index (χ0v) is 12.9. The molecule has 5 atom stereocenters. The van der Waals surface area contributed by atoms with Gasteiger partial charge in [0.25, 0.3) is 0 Å². The second-order valence-corrected chi connectivity index (χ2v) is 7.21. The van der Waals surface area contributed by atoms with Crippen molar-refractivity contribution in [3.8, 4) is 0 Å². The molecule has 0 bridgehead atoms. The third-order valence-corrected chi connectivity index (χ3v) is 5.88. The number of rotatable bonds is 3. The number of imidazole rings is 1.